The second-order valence-electron chi connectivity index (χ2n) is 11.9. The van der Waals surface area contributed by atoms with Crippen LogP contribution in [-0.4, -0.2) is 12.4 Å². The smallest absolute Gasteiger partial charge is 0.0965 e. The van der Waals surface area contributed by atoms with Crippen LogP contribution in [0.3, 0.4) is 0 Å². The Bertz CT molecular complexity index is 683. The molecule has 214 valence electrons. The number of rotatable bonds is 26. The molecule has 0 saturated carbocycles. The summed E-state index contributed by atoms with van der Waals surface area (Å²) in [5.41, 5.74) is 1.47. The molecule has 1 aliphatic rings. The Labute approximate surface area is 237 Å². The number of aliphatic imine (C=N–C) groups is 2. The van der Waals surface area contributed by atoms with Crippen molar-refractivity contribution in [3.63, 3.8) is 0 Å². The fourth-order valence-electron chi connectivity index (χ4n) is 6.13. The van der Waals surface area contributed by atoms with Gasteiger partial charge in [0.25, 0.3) is 0 Å². The zero-order chi connectivity index (χ0) is 26.9. The maximum absolute atomic E-state index is 4.70. The van der Waals surface area contributed by atoms with Crippen LogP contribution in [0.5, 0.6) is 0 Å². The molecule has 2 heteroatoms. The number of nitrogens with zero attached hydrogens (tertiary/aromatic N) is 2. The van der Waals surface area contributed by atoms with Gasteiger partial charge in [0.05, 0.1) is 5.92 Å². The lowest BCUT2D eigenvalue weighted by atomic mass is 9.78. The van der Waals surface area contributed by atoms with E-state index in [1.165, 1.54) is 147 Å². The molecule has 38 heavy (non-hydrogen) atoms. The van der Waals surface area contributed by atoms with Gasteiger partial charge in [0, 0.05) is 0 Å². The third-order valence-corrected chi connectivity index (χ3v) is 8.52. The second kappa shape index (κ2) is 23.3. The first kappa shape index (κ1) is 32.6. The molecule has 1 aliphatic heterocycles. The molecule has 0 radical (unpaired) electrons. The van der Waals surface area contributed by atoms with Crippen LogP contribution in [0.15, 0.2) is 40.3 Å². The molecule has 2 atom stereocenters. The van der Waals surface area contributed by atoms with E-state index in [1.54, 1.807) is 0 Å². The molecule has 1 aromatic rings. The van der Waals surface area contributed by atoms with Crippen LogP contribution in [0.25, 0.3) is 0 Å². The summed E-state index contributed by atoms with van der Waals surface area (Å²) >= 11 is 0. The molecule has 0 spiro atoms. The summed E-state index contributed by atoms with van der Waals surface area (Å²) in [7, 11) is 0. The van der Waals surface area contributed by atoms with Crippen LogP contribution in [0.4, 0.5) is 0 Å². The maximum atomic E-state index is 4.70. The van der Waals surface area contributed by atoms with Crippen LogP contribution in [0, 0.1) is 18.0 Å². The van der Waals surface area contributed by atoms with E-state index in [-0.39, 0.29) is 0 Å². The molecule has 0 amide bonds. The van der Waals surface area contributed by atoms with E-state index < -0.39 is 0 Å². The number of hydrogen-bond acceptors (Lipinski definition) is 2. The number of unbranched alkanes of at least 4 members (excludes halogenated alkanes) is 18. The van der Waals surface area contributed by atoms with Gasteiger partial charge in [-0.25, -0.2) is 0 Å². The lowest BCUT2D eigenvalue weighted by Gasteiger charge is -2.26. The van der Waals surface area contributed by atoms with E-state index >= 15 is 0 Å². The van der Waals surface area contributed by atoms with Gasteiger partial charge in [-0.2, -0.15) is 0 Å². The summed E-state index contributed by atoms with van der Waals surface area (Å²) in [6.07, 6.45) is 36.7. The van der Waals surface area contributed by atoms with Crippen molar-refractivity contribution in [3.8, 4) is 0 Å². The molecule has 0 bridgehead atoms. The number of hydrogen-bond donors (Lipinski definition) is 0. The van der Waals surface area contributed by atoms with Gasteiger partial charge in [0.15, 0.2) is 12.4 Å². The highest BCUT2D eigenvalue weighted by molar-refractivity contribution is 6.18. The Hall–Kier alpha value is -1.57. The molecule has 0 N–H and O–H groups in total. The van der Waals surface area contributed by atoms with Gasteiger partial charge in [0.2, 0.25) is 6.17 Å². The predicted molar refractivity (Wildman–Crippen MR) is 170 cm³/mol. The van der Waals surface area contributed by atoms with Gasteiger partial charge < -0.3 is 0 Å². The van der Waals surface area contributed by atoms with Crippen LogP contribution >= 0.6 is 0 Å². The first-order valence-electron chi connectivity index (χ1n) is 16.8. The first-order valence-corrected chi connectivity index (χ1v) is 16.8. The zero-order valence-electron chi connectivity index (χ0n) is 25.4. The topological polar surface area (TPSA) is 24.7 Å². The lowest BCUT2D eigenvalue weighted by Crippen LogP contribution is -2.22. The van der Waals surface area contributed by atoms with Crippen molar-refractivity contribution >= 4 is 12.4 Å². The molecule has 1 aromatic carbocycles. The average molecular weight is 522 g/mol. The molecule has 0 fully saturated rings. The van der Waals surface area contributed by atoms with E-state index in [2.05, 4.69) is 44.2 Å². The highest BCUT2D eigenvalue weighted by Gasteiger charge is 2.35. The Morgan fingerprint density at radius 3 is 1.42 bits per heavy atom. The minimum Gasteiger partial charge on any atom is -0.0965 e. The van der Waals surface area contributed by atoms with Crippen LogP contribution < -0.4 is 0 Å². The molecule has 2 rings (SSSR count). The number of benzene rings is 1. The molecule has 2 unspecified atom stereocenters. The highest BCUT2D eigenvalue weighted by Crippen LogP contribution is 2.37. The van der Waals surface area contributed by atoms with Crippen LogP contribution in [0.2, 0.25) is 0 Å². The fraction of sp³-hybridized carbons (Fsp3) is 0.750. The molecule has 2 nitrogen and oxygen atoms in total. The van der Waals surface area contributed by atoms with E-state index in [1.807, 2.05) is 12.4 Å². The van der Waals surface area contributed by atoms with E-state index in [9.17, 15) is 0 Å². The lowest BCUT2D eigenvalue weighted by molar-refractivity contribution is 0.284. The molecule has 0 saturated heterocycles. The molecule has 0 aliphatic carbocycles. The summed E-state index contributed by atoms with van der Waals surface area (Å²) in [6.45, 7) is 4.60. The van der Waals surface area contributed by atoms with Gasteiger partial charge in [0.1, 0.15) is 0 Å². The molecule has 0 aromatic heterocycles. The SMILES string of the molecule is CCCCCCCCCCCCCCCCCC(Cc1ccccc1)C(CCCCCCC)[C+]1N=CC=N1. The van der Waals surface area contributed by atoms with Crippen LogP contribution in [-0.2, 0) is 6.42 Å². The third-order valence-electron chi connectivity index (χ3n) is 8.52. The van der Waals surface area contributed by atoms with Gasteiger partial charge in [-0.05, 0) is 30.7 Å². The van der Waals surface area contributed by atoms with E-state index in [0.717, 1.165) is 12.6 Å². The summed E-state index contributed by atoms with van der Waals surface area (Å²) < 4.78 is 0. The van der Waals surface area contributed by atoms with Gasteiger partial charge in [-0.3, -0.25) is 0 Å². The van der Waals surface area contributed by atoms with Crippen LogP contribution in [0.1, 0.15) is 161 Å². The molecular weight excluding hydrogens is 460 g/mol. The van der Waals surface area contributed by atoms with Crippen molar-refractivity contribution in [2.24, 2.45) is 21.8 Å². The normalized spacial score (nSPS) is 14.4. The van der Waals surface area contributed by atoms with Gasteiger partial charge in [-0.1, -0.05) is 183 Å². The Morgan fingerprint density at radius 1 is 0.526 bits per heavy atom. The van der Waals surface area contributed by atoms with Crippen molar-refractivity contribution in [3.05, 3.63) is 42.1 Å². The summed E-state index contributed by atoms with van der Waals surface area (Å²) in [5, 5.41) is 0. The van der Waals surface area contributed by atoms with Gasteiger partial charge >= 0.3 is 0 Å². The summed E-state index contributed by atoms with van der Waals surface area (Å²) in [4.78, 5) is 9.41. The second-order valence-corrected chi connectivity index (χ2v) is 11.9. The predicted octanol–water partition coefficient (Wildman–Crippen LogP) is 11.7. The maximum Gasteiger partial charge on any atom is 0.244 e. The Morgan fingerprint density at radius 2 is 0.947 bits per heavy atom. The molecular formula is C36H61N2+. The summed E-state index contributed by atoms with van der Waals surface area (Å²) in [6, 6.07) is 11.1. The quantitative estimate of drug-likeness (QED) is 0.0855. The van der Waals surface area contributed by atoms with E-state index in [0.29, 0.717) is 11.8 Å². The van der Waals surface area contributed by atoms with Crippen molar-refractivity contribution in [2.45, 2.75) is 162 Å². The Balaban J connectivity index is 1.67. The molecule has 1 heterocycles. The fourth-order valence-corrected chi connectivity index (χ4v) is 6.13. The zero-order valence-corrected chi connectivity index (χ0v) is 25.4. The van der Waals surface area contributed by atoms with Crippen molar-refractivity contribution in [1.29, 1.82) is 0 Å². The van der Waals surface area contributed by atoms with Crippen molar-refractivity contribution < 1.29 is 0 Å². The van der Waals surface area contributed by atoms with Crippen molar-refractivity contribution in [2.75, 3.05) is 0 Å². The third kappa shape index (κ3) is 15.7. The van der Waals surface area contributed by atoms with Gasteiger partial charge in [-0.15, -0.1) is 0 Å². The minimum atomic E-state index is 0.499. The standard InChI is InChI=1S/C36H61N2/c1-3-5-7-9-10-11-12-13-14-15-16-17-18-20-24-28-34(32-33-26-22-21-23-27-33)35(36-37-30-31-38-36)29-25-19-8-6-4-2/h21-23,26-27,30-31,34-35H,3-20,24-25,28-29,32H2,1-2H3/q+1. The Kier molecular flexibility index (Phi) is 20.0. The first-order chi connectivity index (χ1) is 18.8. The monoisotopic (exact) mass is 521 g/mol. The highest BCUT2D eigenvalue weighted by atomic mass is 15.0. The largest absolute Gasteiger partial charge is 0.244 e. The van der Waals surface area contributed by atoms with Crippen molar-refractivity contribution in [1.82, 2.24) is 0 Å². The average Bonchev–Trinajstić information content (AvgIpc) is 3.48. The van der Waals surface area contributed by atoms with E-state index in [4.69, 9.17) is 9.98 Å². The summed E-state index contributed by atoms with van der Waals surface area (Å²) in [5.74, 6) is 1.14. The minimum absolute atomic E-state index is 0.499.